The Kier molecular flexibility index (Phi) is 17.9. The van der Waals surface area contributed by atoms with Crippen LogP contribution in [0.15, 0.2) is 5.29 Å². The Morgan fingerprint density at radius 3 is 1.23 bits per heavy atom. The molecule has 0 amide bonds. The van der Waals surface area contributed by atoms with Gasteiger partial charge in [0.1, 0.15) is 0 Å². The van der Waals surface area contributed by atoms with Gasteiger partial charge in [-0.1, -0.05) is 103 Å². The Morgan fingerprint density at radius 1 is 0.591 bits per heavy atom. The second-order valence-corrected chi connectivity index (χ2v) is 6.77. The first-order valence-corrected chi connectivity index (χ1v) is 9.85. The van der Waals surface area contributed by atoms with Gasteiger partial charge in [-0.25, -0.2) is 0 Å². The van der Waals surface area contributed by atoms with E-state index in [1.54, 1.807) is 7.05 Å². The molecule has 0 aromatic heterocycles. The zero-order valence-corrected chi connectivity index (χ0v) is 15.3. The van der Waals surface area contributed by atoms with Crippen LogP contribution in [0.25, 0.3) is 0 Å². The van der Waals surface area contributed by atoms with E-state index >= 15 is 0 Å². The summed E-state index contributed by atoms with van der Waals surface area (Å²) in [5, 5.41) is 4.37. The molecule has 0 aliphatic heterocycles. The highest BCUT2D eigenvalue weighted by Crippen LogP contribution is 2.13. The molecule has 0 N–H and O–H groups in total. The maximum Gasteiger partial charge on any atom is 0.0521 e. The fourth-order valence-corrected chi connectivity index (χ4v) is 2.93. The highest BCUT2D eigenvalue weighted by molar-refractivity contribution is 4.51. The minimum absolute atomic E-state index is 0.807. The Bertz CT molecular complexity index is 221. The third-order valence-corrected chi connectivity index (χ3v) is 4.47. The van der Waals surface area contributed by atoms with E-state index in [4.69, 9.17) is 0 Å². The van der Waals surface area contributed by atoms with Gasteiger partial charge in [0.25, 0.3) is 0 Å². The third kappa shape index (κ3) is 17.5. The maximum absolute atomic E-state index is 10.2. The van der Waals surface area contributed by atoms with Gasteiger partial charge in [-0.3, -0.25) is 5.01 Å². The maximum atomic E-state index is 10.2. The first-order chi connectivity index (χ1) is 10.8. The van der Waals surface area contributed by atoms with Crippen molar-refractivity contribution in [3.8, 4) is 0 Å². The minimum atomic E-state index is 0.807. The predicted molar refractivity (Wildman–Crippen MR) is 98.0 cm³/mol. The van der Waals surface area contributed by atoms with Crippen molar-refractivity contribution < 1.29 is 0 Å². The summed E-state index contributed by atoms with van der Waals surface area (Å²) in [7, 11) is 1.75. The SMILES string of the molecule is CCCCCCCCCCCCCCCCCCN(C)N=O. The highest BCUT2D eigenvalue weighted by Gasteiger charge is 1.96. The largest absolute Gasteiger partial charge is 0.264 e. The number of rotatable bonds is 18. The van der Waals surface area contributed by atoms with E-state index < -0.39 is 0 Å². The van der Waals surface area contributed by atoms with Crippen molar-refractivity contribution in [1.29, 1.82) is 0 Å². The molecule has 3 heteroatoms. The molecule has 0 radical (unpaired) electrons. The van der Waals surface area contributed by atoms with Crippen LogP contribution < -0.4 is 0 Å². The molecule has 0 saturated heterocycles. The molecule has 3 nitrogen and oxygen atoms in total. The summed E-state index contributed by atoms with van der Waals surface area (Å²) in [5.41, 5.74) is 0. The first-order valence-electron chi connectivity index (χ1n) is 9.85. The standard InChI is InChI=1S/C19H40N2O/c1-3-4-5-6-7-8-9-10-11-12-13-14-15-16-17-18-19-21(2)20-22/h3-19H2,1-2H3. The van der Waals surface area contributed by atoms with Crippen LogP contribution in [0.4, 0.5) is 0 Å². The molecule has 0 aliphatic carbocycles. The normalized spacial score (nSPS) is 10.8. The van der Waals surface area contributed by atoms with Crippen molar-refractivity contribution in [2.75, 3.05) is 13.6 Å². The van der Waals surface area contributed by atoms with Crippen LogP contribution >= 0.6 is 0 Å². The molecule has 0 unspecified atom stereocenters. The first kappa shape index (κ1) is 21.4. The molecule has 0 fully saturated rings. The number of hydrogen-bond donors (Lipinski definition) is 0. The van der Waals surface area contributed by atoms with E-state index in [9.17, 15) is 4.91 Å². The lowest BCUT2D eigenvalue weighted by Crippen LogP contribution is -2.10. The topological polar surface area (TPSA) is 32.7 Å². The number of nitrogens with zero attached hydrogens (tertiary/aromatic N) is 2. The molecule has 0 heterocycles. The highest BCUT2D eigenvalue weighted by atomic mass is 16.3. The molecule has 0 bridgehead atoms. The van der Waals surface area contributed by atoms with Crippen LogP contribution in [0.1, 0.15) is 110 Å². The molecule has 0 atom stereocenters. The van der Waals surface area contributed by atoms with Crippen molar-refractivity contribution in [1.82, 2.24) is 5.01 Å². The summed E-state index contributed by atoms with van der Waals surface area (Å²) < 4.78 is 0. The van der Waals surface area contributed by atoms with E-state index in [1.165, 1.54) is 101 Å². The Morgan fingerprint density at radius 2 is 0.909 bits per heavy atom. The molecule has 132 valence electrons. The number of hydrogen-bond acceptors (Lipinski definition) is 2. The summed E-state index contributed by atoms with van der Waals surface area (Å²) in [5.74, 6) is 0. The Labute approximate surface area is 139 Å². The second-order valence-electron chi connectivity index (χ2n) is 6.77. The number of nitroso groups, excluding NO2 is 1. The fraction of sp³-hybridized carbons (Fsp3) is 1.00. The lowest BCUT2D eigenvalue weighted by atomic mass is 10.0. The predicted octanol–water partition coefficient (Wildman–Crippen LogP) is 6.86. The van der Waals surface area contributed by atoms with Gasteiger partial charge in [-0.15, -0.1) is 4.91 Å². The van der Waals surface area contributed by atoms with Crippen molar-refractivity contribution >= 4 is 0 Å². The van der Waals surface area contributed by atoms with Gasteiger partial charge in [0.15, 0.2) is 0 Å². The molecular formula is C19H40N2O. The van der Waals surface area contributed by atoms with Crippen LogP contribution in [-0.2, 0) is 0 Å². The van der Waals surface area contributed by atoms with Gasteiger partial charge in [-0.05, 0) is 6.42 Å². The molecule has 0 rings (SSSR count). The van der Waals surface area contributed by atoms with E-state index in [2.05, 4.69) is 12.2 Å². The van der Waals surface area contributed by atoms with Crippen molar-refractivity contribution in [3.63, 3.8) is 0 Å². The van der Waals surface area contributed by atoms with Crippen LogP contribution in [0.5, 0.6) is 0 Å². The third-order valence-electron chi connectivity index (χ3n) is 4.47. The average Bonchev–Trinajstić information content (AvgIpc) is 2.54. The summed E-state index contributed by atoms with van der Waals surface area (Å²) in [6.45, 7) is 3.09. The Hall–Kier alpha value is -0.600. The fourth-order valence-electron chi connectivity index (χ4n) is 2.93. The van der Waals surface area contributed by atoms with Gasteiger partial charge in [-0.2, -0.15) is 0 Å². The average molecular weight is 313 g/mol. The van der Waals surface area contributed by atoms with Crippen molar-refractivity contribution in [3.05, 3.63) is 4.91 Å². The summed E-state index contributed by atoms with van der Waals surface area (Å²) >= 11 is 0. The zero-order chi connectivity index (χ0) is 16.3. The zero-order valence-electron chi connectivity index (χ0n) is 15.3. The molecule has 0 aromatic rings. The van der Waals surface area contributed by atoms with E-state index in [-0.39, 0.29) is 0 Å². The summed E-state index contributed by atoms with van der Waals surface area (Å²) in [4.78, 5) is 10.2. The number of unbranched alkanes of at least 4 members (excludes halogenated alkanes) is 15. The second kappa shape index (κ2) is 18.4. The van der Waals surface area contributed by atoms with E-state index in [0.29, 0.717) is 0 Å². The lowest BCUT2D eigenvalue weighted by molar-refractivity contribution is 0.336. The summed E-state index contributed by atoms with van der Waals surface area (Å²) in [6, 6.07) is 0. The summed E-state index contributed by atoms with van der Waals surface area (Å²) in [6.07, 6.45) is 22.1. The van der Waals surface area contributed by atoms with Crippen LogP contribution in [-0.4, -0.2) is 18.6 Å². The quantitative estimate of drug-likeness (QED) is 0.157. The molecule has 0 saturated carbocycles. The smallest absolute Gasteiger partial charge is 0.0521 e. The molecule has 22 heavy (non-hydrogen) atoms. The van der Waals surface area contributed by atoms with Crippen LogP contribution in [0, 0.1) is 4.91 Å². The van der Waals surface area contributed by atoms with E-state index in [0.717, 1.165) is 13.0 Å². The lowest BCUT2D eigenvalue weighted by Gasteiger charge is -2.07. The van der Waals surface area contributed by atoms with Gasteiger partial charge in [0.05, 0.1) is 5.29 Å². The Balaban J connectivity index is 2.98. The van der Waals surface area contributed by atoms with Gasteiger partial charge in [0, 0.05) is 13.6 Å². The van der Waals surface area contributed by atoms with Crippen LogP contribution in [0.2, 0.25) is 0 Å². The molecule has 0 aromatic carbocycles. The molecule has 0 spiro atoms. The minimum Gasteiger partial charge on any atom is -0.264 e. The molecular weight excluding hydrogens is 272 g/mol. The van der Waals surface area contributed by atoms with Crippen molar-refractivity contribution in [2.45, 2.75) is 110 Å². The van der Waals surface area contributed by atoms with Crippen molar-refractivity contribution in [2.24, 2.45) is 5.29 Å². The molecule has 0 aliphatic rings. The van der Waals surface area contributed by atoms with Crippen LogP contribution in [0.3, 0.4) is 0 Å². The van der Waals surface area contributed by atoms with Gasteiger partial charge >= 0.3 is 0 Å². The van der Waals surface area contributed by atoms with Gasteiger partial charge in [0.2, 0.25) is 0 Å². The van der Waals surface area contributed by atoms with Gasteiger partial charge < -0.3 is 0 Å². The van der Waals surface area contributed by atoms with E-state index in [1.807, 2.05) is 0 Å². The monoisotopic (exact) mass is 312 g/mol.